The van der Waals surface area contributed by atoms with E-state index in [1.165, 1.54) is 43.5 Å². The molecule has 1 heterocycles. The molecule has 35 heavy (non-hydrogen) atoms. The Balaban J connectivity index is 1.66. The number of thioether (sulfide) groups is 1. The zero-order valence-electron chi connectivity index (χ0n) is 18.7. The number of methoxy groups -OCH3 is 1. The molecule has 0 spiro atoms. The fourth-order valence-electron chi connectivity index (χ4n) is 3.43. The Hall–Kier alpha value is -3.27. The normalized spacial score (nSPS) is 15.1. The Bertz CT molecular complexity index is 1430. The van der Waals surface area contributed by atoms with Gasteiger partial charge in [-0.15, -0.1) is 0 Å². The third-order valence-corrected chi connectivity index (χ3v) is 7.50. The van der Waals surface area contributed by atoms with Crippen molar-refractivity contribution in [3.05, 3.63) is 93.3 Å². The zero-order valence-corrected chi connectivity index (χ0v) is 21.1. The minimum Gasteiger partial charge on any atom is -0.493 e. The van der Waals surface area contributed by atoms with Gasteiger partial charge in [0, 0.05) is 10.6 Å². The highest BCUT2D eigenvalue weighted by atomic mass is 35.5. The molecule has 0 aromatic heterocycles. The summed E-state index contributed by atoms with van der Waals surface area (Å²) in [5.74, 6) is -0.429. The van der Waals surface area contributed by atoms with Crippen molar-refractivity contribution in [1.29, 1.82) is 0 Å². The molecule has 2 amide bonds. The molecule has 1 aliphatic rings. The van der Waals surface area contributed by atoms with Crippen molar-refractivity contribution in [3.8, 4) is 11.5 Å². The van der Waals surface area contributed by atoms with Gasteiger partial charge < -0.3 is 8.92 Å². The molecule has 3 aromatic carbocycles. The summed E-state index contributed by atoms with van der Waals surface area (Å²) in [6.07, 6.45) is 1.43. The summed E-state index contributed by atoms with van der Waals surface area (Å²) in [7, 11) is -2.86. The molecule has 4 rings (SSSR count). The SMILES string of the molecule is COc1cccc(/C=C2\SC(=O)N(Cc3cccc(C)c3)C2=O)c1OS(=O)(=O)c1ccc(Cl)cc1. The highest BCUT2D eigenvalue weighted by Crippen LogP contribution is 2.39. The highest BCUT2D eigenvalue weighted by molar-refractivity contribution is 8.18. The van der Waals surface area contributed by atoms with Crippen LogP contribution >= 0.6 is 23.4 Å². The number of benzene rings is 3. The van der Waals surface area contributed by atoms with E-state index in [0.717, 1.165) is 27.8 Å². The molecule has 0 radical (unpaired) electrons. The van der Waals surface area contributed by atoms with Crippen molar-refractivity contribution < 1.29 is 26.9 Å². The number of halogens is 1. The molecular weight excluding hydrogens is 510 g/mol. The van der Waals surface area contributed by atoms with Crippen molar-refractivity contribution in [2.24, 2.45) is 0 Å². The van der Waals surface area contributed by atoms with Gasteiger partial charge in [0.25, 0.3) is 11.1 Å². The molecule has 0 saturated carbocycles. The van der Waals surface area contributed by atoms with Gasteiger partial charge in [0.2, 0.25) is 0 Å². The number of ether oxygens (including phenoxy) is 1. The summed E-state index contributed by atoms with van der Waals surface area (Å²) < 4.78 is 36.5. The first kappa shape index (κ1) is 24.8. The van der Waals surface area contributed by atoms with E-state index in [1.807, 2.05) is 31.2 Å². The summed E-state index contributed by atoms with van der Waals surface area (Å²) in [6, 6.07) is 17.8. The molecule has 1 saturated heterocycles. The van der Waals surface area contributed by atoms with Crippen LogP contribution in [0.1, 0.15) is 16.7 Å². The van der Waals surface area contributed by atoms with Gasteiger partial charge in [-0.05, 0) is 60.7 Å². The molecule has 0 unspecified atom stereocenters. The topological polar surface area (TPSA) is 90.0 Å². The fraction of sp³-hybridized carbons (Fsp3) is 0.120. The van der Waals surface area contributed by atoms with Gasteiger partial charge in [-0.1, -0.05) is 53.6 Å². The van der Waals surface area contributed by atoms with Gasteiger partial charge in [0.15, 0.2) is 11.5 Å². The van der Waals surface area contributed by atoms with Crippen LogP contribution in [0.5, 0.6) is 11.5 Å². The molecule has 3 aromatic rings. The average molecular weight is 530 g/mol. The maximum Gasteiger partial charge on any atom is 0.339 e. The first-order chi connectivity index (χ1) is 16.7. The van der Waals surface area contributed by atoms with Crippen molar-refractivity contribution >= 4 is 50.7 Å². The lowest BCUT2D eigenvalue weighted by molar-refractivity contribution is -0.123. The van der Waals surface area contributed by atoms with Crippen molar-refractivity contribution in [1.82, 2.24) is 4.90 Å². The van der Waals surface area contributed by atoms with E-state index in [0.29, 0.717) is 5.02 Å². The second-order valence-electron chi connectivity index (χ2n) is 7.63. The number of nitrogens with zero attached hydrogens (tertiary/aromatic N) is 1. The molecule has 7 nitrogen and oxygen atoms in total. The van der Waals surface area contributed by atoms with Crippen molar-refractivity contribution in [3.63, 3.8) is 0 Å². The van der Waals surface area contributed by atoms with Crippen LogP contribution in [0.15, 0.2) is 76.5 Å². The Morgan fingerprint density at radius 1 is 1.03 bits per heavy atom. The van der Waals surface area contributed by atoms with E-state index < -0.39 is 21.3 Å². The number of carbonyl (C=O) groups is 2. The van der Waals surface area contributed by atoms with Gasteiger partial charge in [-0.25, -0.2) is 0 Å². The molecule has 0 aliphatic carbocycles. The monoisotopic (exact) mass is 529 g/mol. The van der Waals surface area contributed by atoms with Crippen LogP contribution in [-0.4, -0.2) is 31.6 Å². The average Bonchev–Trinajstić information content (AvgIpc) is 3.07. The van der Waals surface area contributed by atoms with Crippen LogP contribution in [0, 0.1) is 6.92 Å². The molecule has 0 atom stereocenters. The lowest BCUT2D eigenvalue weighted by atomic mass is 10.1. The van der Waals surface area contributed by atoms with Crippen LogP contribution in [0.25, 0.3) is 6.08 Å². The van der Waals surface area contributed by atoms with E-state index in [-0.39, 0.29) is 33.4 Å². The number of para-hydroxylation sites is 1. The number of imide groups is 1. The number of carbonyl (C=O) groups excluding carboxylic acids is 2. The Labute approximate surface area is 212 Å². The number of hydrogen-bond acceptors (Lipinski definition) is 7. The highest BCUT2D eigenvalue weighted by Gasteiger charge is 2.35. The lowest BCUT2D eigenvalue weighted by Crippen LogP contribution is -2.27. The van der Waals surface area contributed by atoms with E-state index in [9.17, 15) is 18.0 Å². The molecular formula is C25H20ClNO6S2. The summed E-state index contributed by atoms with van der Waals surface area (Å²) in [4.78, 5) is 26.8. The molecule has 0 bridgehead atoms. The Kier molecular flexibility index (Phi) is 7.20. The summed E-state index contributed by atoms with van der Waals surface area (Å²) in [5.41, 5.74) is 2.11. The second-order valence-corrected chi connectivity index (χ2v) is 10.6. The molecule has 180 valence electrons. The van der Waals surface area contributed by atoms with E-state index in [2.05, 4.69) is 0 Å². The number of rotatable bonds is 7. The Morgan fingerprint density at radius 2 is 1.74 bits per heavy atom. The molecule has 10 heteroatoms. The maximum absolute atomic E-state index is 13.0. The fourth-order valence-corrected chi connectivity index (χ4v) is 5.34. The van der Waals surface area contributed by atoms with Gasteiger partial charge in [-0.2, -0.15) is 8.42 Å². The van der Waals surface area contributed by atoms with Gasteiger partial charge >= 0.3 is 10.1 Å². The van der Waals surface area contributed by atoms with Gasteiger partial charge in [0.05, 0.1) is 18.6 Å². The van der Waals surface area contributed by atoms with Gasteiger partial charge in [-0.3, -0.25) is 14.5 Å². The Morgan fingerprint density at radius 3 is 2.43 bits per heavy atom. The standard InChI is InChI=1S/C25H20ClNO6S2/c1-16-5-3-6-17(13-16)15-27-24(28)22(34-25(27)29)14-18-7-4-8-21(32-2)23(18)33-35(30,31)20-11-9-19(26)10-12-20/h3-14H,15H2,1-2H3/b22-14-. The molecule has 1 fully saturated rings. The predicted molar refractivity (Wildman–Crippen MR) is 135 cm³/mol. The maximum atomic E-state index is 13.0. The van der Waals surface area contributed by atoms with Crippen molar-refractivity contribution in [2.75, 3.05) is 7.11 Å². The van der Waals surface area contributed by atoms with E-state index in [1.54, 1.807) is 12.1 Å². The second kappa shape index (κ2) is 10.2. The minimum atomic E-state index is -4.24. The van der Waals surface area contributed by atoms with E-state index in [4.69, 9.17) is 20.5 Å². The first-order valence-corrected chi connectivity index (χ1v) is 13.0. The number of hydrogen-bond donors (Lipinski definition) is 0. The van der Waals surface area contributed by atoms with Crippen LogP contribution in [0.3, 0.4) is 0 Å². The lowest BCUT2D eigenvalue weighted by Gasteiger charge is -2.14. The summed E-state index contributed by atoms with van der Waals surface area (Å²) in [6.45, 7) is 2.07. The molecule has 0 N–H and O–H groups in total. The summed E-state index contributed by atoms with van der Waals surface area (Å²) >= 11 is 6.63. The van der Waals surface area contributed by atoms with E-state index >= 15 is 0 Å². The first-order valence-electron chi connectivity index (χ1n) is 10.4. The van der Waals surface area contributed by atoms with Crippen LogP contribution in [-0.2, 0) is 21.5 Å². The minimum absolute atomic E-state index is 0.0998. The number of amides is 2. The zero-order chi connectivity index (χ0) is 25.2. The smallest absolute Gasteiger partial charge is 0.339 e. The van der Waals surface area contributed by atoms with Crippen LogP contribution in [0.4, 0.5) is 4.79 Å². The predicted octanol–water partition coefficient (Wildman–Crippen LogP) is 5.66. The largest absolute Gasteiger partial charge is 0.493 e. The van der Waals surface area contributed by atoms with Crippen LogP contribution in [0.2, 0.25) is 5.02 Å². The quantitative estimate of drug-likeness (QED) is 0.288. The number of aryl methyl sites for hydroxylation is 1. The van der Waals surface area contributed by atoms with Crippen LogP contribution < -0.4 is 8.92 Å². The van der Waals surface area contributed by atoms with Gasteiger partial charge in [0.1, 0.15) is 4.90 Å². The third-order valence-electron chi connectivity index (χ3n) is 5.11. The third kappa shape index (κ3) is 5.53. The van der Waals surface area contributed by atoms with Crippen molar-refractivity contribution in [2.45, 2.75) is 18.4 Å². The molecule has 1 aliphatic heterocycles. The summed E-state index contributed by atoms with van der Waals surface area (Å²) in [5, 5.41) is -0.0368.